The van der Waals surface area contributed by atoms with Gasteiger partial charge in [-0.3, -0.25) is 0 Å². The maximum absolute atomic E-state index is 6.62. The van der Waals surface area contributed by atoms with Crippen LogP contribution in [0.1, 0.15) is 51.3 Å². The molecule has 11 aromatic rings. The topological polar surface area (TPSA) is 43.2 Å². The molecule has 0 radical (unpaired) electrons. The molecule has 0 spiro atoms. The van der Waals surface area contributed by atoms with Crippen molar-refractivity contribution in [3.05, 3.63) is 162 Å². The number of benzene rings is 8. The van der Waals surface area contributed by atoms with E-state index < -0.39 is 0 Å². The van der Waals surface area contributed by atoms with Gasteiger partial charge in [0.05, 0.1) is 5.52 Å². The summed E-state index contributed by atoms with van der Waals surface area (Å²) in [7, 11) is 0.774. The fraction of sp³-hybridized carbons (Fsp3) is 0.127. The van der Waals surface area contributed by atoms with E-state index >= 15 is 0 Å². The molecule has 0 unspecified atom stereocenters. The minimum absolute atomic E-state index is 0.0669. The van der Waals surface area contributed by atoms with Crippen molar-refractivity contribution >= 4 is 95.3 Å². The molecule has 0 fully saturated rings. The third-order valence-electron chi connectivity index (χ3n) is 13.8. The van der Waals surface area contributed by atoms with Gasteiger partial charge in [-0.25, -0.2) is 0 Å². The number of hydrogen-bond acceptors (Lipinski definition) is 3. The highest BCUT2D eigenvalue weighted by atomic mass is 16.3. The van der Waals surface area contributed by atoms with Gasteiger partial charge < -0.3 is 18.7 Å². The summed E-state index contributed by atoms with van der Waals surface area (Å²) in [6.45, 7) is 11.5. The van der Waals surface area contributed by atoms with Crippen LogP contribution in [0.15, 0.2) is 154 Å². The number of nitrogens with one attached hydrogen (secondary N) is 1. The maximum Gasteiger partial charge on any atom is 0.198 e. The molecule has 0 atom stereocenters. The van der Waals surface area contributed by atoms with Gasteiger partial charge in [-0.1, -0.05) is 137 Å². The lowest BCUT2D eigenvalue weighted by Gasteiger charge is -2.24. The van der Waals surface area contributed by atoms with Crippen molar-refractivity contribution in [1.82, 2.24) is 4.57 Å². The zero-order valence-electron chi connectivity index (χ0n) is 34.3. The number of hydrogen-bond donors (Lipinski definition) is 1. The summed E-state index contributed by atoms with van der Waals surface area (Å²) in [5.41, 5.74) is 21.0. The van der Waals surface area contributed by atoms with Crippen molar-refractivity contribution in [2.75, 3.05) is 5.32 Å². The van der Waals surface area contributed by atoms with Gasteiger partial charge in [0.1, 0.15) is 22.3 Å². The Balaban J connectivity index is 1.12. The molecule has 286 valence electrons. The van der Waals surface area contributed by atoms with Crippen LogP contribution in [0.3, 0.4) is 0 Å². The summed E-state index contributed by atoms with van der Waals surface area (Å²) in [6.07, 6.45) is 0. The third-order valence-corrected chi connectivity index (χ3v) is 13.8. The summed E-state index contributed by atoms with van der Waals surface area (Å²) in [5, 5.41) is 11.0. The van der Waals surface area contributed by atoms with Crippen molar-refractivity contribution in [2.24, 2.45) is 0 Å². The number of nitrogens with zero attached hydrogens (tertiary/aromatic N) is 1. The molecule has 4 nitrogen and oxygen atoms in total. The van der Waals surface area contributed by atoms with Crippen molar-refractivity contribution in [1.29, 1.82) is 0 Å². The number of para-hydroxylation sites is 2. The summed E-state index contributed by atoms with van der Waals surface area (Å²) in [4.78, 5) is 0. The molecule has 3 aromatic heterocycles. The van der Waals surface area contributed by atoms with E-state index in [1.54, 1.807) is 0 Å². The van der Waals surface area contributed by atoms with Crippen molar-refractivity contribution in [2.45, 2.75) is 45.4 Å². The second-order valence-electron chi connectivity index (χ2n) is 18.6. The fourth-order valence-corrected chi connectivity index (χ4v) is 10.8. The summed E-state index contributed by atoms with van der Waals surface area (Å²) < 4.78 is 15.7. The Bertz CT molecular complexity index is 3670. The molecule has 0 saturated carbocycles. The molecule has 1 N–H and O–H groups in total. The highest BCUT2D eigenvalue weighted by Gasteiger charge is 2.38. The lowest BCUT2D eigenvalue weighted by molar-refractivity contribution is 0.590. The van der Waals surface area contributed by atoms with Crippen LogP contribution in [0.5, 0.6) is 0 Å². The second kappa shape index (κ2) is 11.6. The minimum Gasteiger partial charge on any atom is -0.456 e. The summed E-state index contributed by atoms with van der Waals surface area (Å²) >= 11 is 0. The minimum atomic E-state index is -0.108. The molecule has 0 amide bonds. The number of fused-ring (bicyclic) bond motifs is 15. The first-order valence-corrected chi connectivity index (χ1v) is 21.1. The van der Waals surface area contributed by atoms with Gasteiger partial charge in [0.2, 0.25) is 0 Å². The smallest absolute Gasteiger partial charge is 0.198 e. The van der Waals surface area contributed by atoms with Crippen LogP contribution in [-0.4, -0.2) is 11.8 Å². The third kappa shape index (κ3) is 4.52. The predicted octanol–water partition coefficient (Wildman–Crippen LogP) is 13.3. The van der Waals surface area contributed by atoms with Gasteiger partial charge in [-0.15, -0.1) is 0 Å². The van der Waals surface area contributed by atoms with Crippen LogP contribution in [0, 0.1) is 0 Å². The average Bonchev–Trinajstić information content (AvgIpc) is 3.97. The molecule has 4 heterocycles. The Labute approximate surface area is 348 Å². The maximum atomic E-state index is 6.62. The molecule has 1 aliphatic carbocycles. The Hall–Kier alpha value is -6.98. The van der Waals surface area contributed by atoms with E-state index in [9.17, 15) is 0 Å². The molecule has 0 bridgehead atoms. The number of furan rings is 2. The van der Waals surface area contributed by atoms with Crippen LogP contribution in [0.25, 0.3) is 93.6 Å². The van der Waals surface area contributed by atoms with Gasteiger partial charge in [-0.05, 0) is 86.7 Å². The number of rotatable bonds is 3. The molecule has 2 aliphatic rings. The molecule has 8 aromatic carbocycles. The highest BCUT2D eigenvalue weighted by Crippen LogP contribution is 2.53. The van der Waals surface area contributed by atoms with E-state index in [1.165, 1.54) is 71.8 Å². The lowest BCUT2D eigenvalue weighted by atomic mass is 9.59. The van der Waals surface area contributed by atoms with Crippen LogP contribution < -0.4 is 16.2 Å². The monoisotopic (exact) mass is 772 g/mol. The van der Waals surface area contributed by atoms with E-state index in [-0.39, 0.29) is 10.8 Å². The Morgan fingerprint density at radius 2 is 1.25 bits per heavy atom. The fourth-order valence-electron chi connectivity index (χ4n) is 10.8. The highest BCUT2D eigenvalue weighted by molar-refractivity contribution is 6.74. The van der Waals surface area contributed by atoms with E-state index in [1.807, 2.05) is 6.07 Å². The van der Waals surface area contributed by atoms with E-state index in [0.29, 0.717) is 0 Å². The lowest BCUT2D eigenvalue weighted by Crippen LogP contribution is -2.37. The quantitative estimate of drug-likeness (QED) is 0.182. The summed E-state index contributed by atoms with van der Waals surface area (Å²) in [6, 6.07) is 53.5. The van der Waals surface area contributed by atoms with Crippen LogP contribution >= 0.6 is 0 Å². The standard InChI is InChI=1S/C55H41BN2O2/c1-54(2,3)30-18-20-31(21-19-30)57-43-27-39-33-13-8-11-17-47(33)59-48(39)28-37(43)34-22-23-36-51-44(25-24-41-50(51)35-14-6-9-15-40(35)55(41,4)5)58-45-29-49-38(26-42(45)56-52(34)53(36)58)32-12-7-10-16-46(32)60-49/h6-29,56-57H,1-5H3. The van der Waals surface area contributed by atoms with Gasteiger partial charge in [-0.2, -0.15) is 0 Å². The average molecular weight is 773 g/mol. The zero-order chi connectivity index (χ0) is 40.2. The molecule has 0 saturated heterocycles. The zero-order valence-corrected chi connectivity index (χ0v) is 34.3. The van der Waals surface area contributed by atoms with Crippen molar-refractivity contribution in [3.63, 3.8) is 0 Å². The van der Waals surface area contributed by atoms with Gasteiger partial charge in [0.15, 0.2) is 7.28 Å². The Kier molecular flexibility index (Phi) is 6.57. The molecule has 60 heavy (non-hydrogen) atoms. The van der Waals surface area contributed by atoms with Crippen molar-refractivity contribution in [3.8, 4) is 27.9 Å². The Morgan fingerprint density at radius 1 is 0.567 bits per heavy atom. The van der Waals surface area contributed by atoms with Crippen LogP contribution in [0.4, 0.5) is 11.4 Å². The summed E-state index contributed by atoms with van der Waals surface area (Å²) in [5.74, 6) is 0. The van der Waals surface area contributed by atoms with Gasteiger partial charge >= 0.3 is 0 Å². The van der Waals surface area contributed by atoms with E-state index in [0.717, 1.165) is 68.1 Å². The molecule has 1 aliphatic heterocycles. The first kappa shape index (κ1) is 33.9. The van der Waals surface area contributed by atoms with E-state index in [4.69, 9.17) is 8.83 Å². The second-order valence-corrected chi connectivity index (χ2v) is 18.6. The first-order valence-electron chi connectivity index (χ1n) is 21.1. The van der Waals surface area contributed by atoms with Crippen LogP contribution in [-0.2, 0) is 10.8 Å². The molecule has 13 rings (SSSR count). The number of aromatic nitrogens is 1. The number of anilines is 2. The van der Waals surface area contributed by atoms with Gasteiger partial charge in [0, 0.05) is 71.9 Å². The van der Waals surface area contributed by atoms with E-state index in [2.05, 4.69) is 184 Å². The normalized spacial score (nSPS) is 14.0. The first-order chi connectivity index (χ1) is 29.1. The molecular formula is C55H41BN2O2. The van der Waals surface area contributed by atoms with Gasteiger partial charge in [0.25, 0.3) is 0 Å². The van der Waals surface area contributed by atoms with Crippen LogP contribution in [0.2, 0.25) is 0 Å². The molecular weight excluding hydrogens is 731 g/mol. The predicted molar refractivity (Wildman–Crippen MR) is 253 cm³/mol. The van der Waals surface area contributed by atoms with Crippen molar-refractivity contribution < 1.29 is 8.83 Å². The largest absolute Gasteiger partial charge is 0.456 e. The SMILES string of the molecule is CC(C)(C)c1ccc(Nc2cc3c(cc2-c2ccc4c5c6c(ccc5n5c4c2Bc2cc4c(cc2-5)oc2ccccc24)C(C)(C)c2ccccc2-6)oc2ccccc23)cc1. The Morgan fingerprint density at radius 3 is 2.00 bits per heavy atom. The molecule has 5 heteroatoms.